The summed E-state index contributed by atoms with van der Waals surface area (Å²) in [6.45, 7) is 2.26. The molecule has 0 bridgehead atoms. The molecule has 0 amide bonds. The van der Waals surface area contributed by atoms with Crippen molar-refractivity contribution in [2.75, 3.05) is 11.9 Å². The molecule has 0 heterocycles. The van der Waals surface area contributed by atoms with Gasteiger partial charge >= 0.3 is 0 Å². The van der Waals surface area contributed by atoms with Crippen LogP contribution in [0.5, 0.6) is 0 Å². The van der Waals surface area contributed by atoms with Crippen LogP contribution >= 0.6 is 0 Å². The highest BCUT2D eigenvalue weighted by Gasteiger charge is 2.12. The molecular formula is C14H17F2N. The molecule has 1 atom stereocenters. The molecule has 1 N–H and O–H groups in total. The molecule has 2 rings (SSSR count). The first-order valence-electron chi connectivity index (χ1n) is 6.01. The lowest BCUT2D eigenvalue weighted by atomic mass is 9.94. The summed E-state index contributed by atoms with van der Waals surface area (Å²) >= 11 is 0. The molecule has 3 heteroatoms. The van der Waals surface area contributed by atoms with Gasteiger partial charge in [-0.3, -0.25) is 0 Å². The Bertz CT molecular complexity index is 426. The molecule has 0 fully saturated rings. The molecule has 1 aromatic rings. The molecule has 0 saturated heterocycles. The van der Waals surface area contributed by atoms with Gasteiger partial charge in [-0.2, -0.15) is 0 Å². The van der Waals surface area contributed by atoms with Crippen LogP contribution in [0.3, 0.4) is 0 Å². The Kier molecular flexibility index (Phi) is 3.77. The number of hydrogen-bond acceptors (Lipinski definition) is 1. The smallest absolute Gasteiger partial charge is 0.146 e. The van der Waals surface area contributed by atoms with E-state index >= 15 is 0 Å². The van der Waals surface area contributed by atoms with Crippen LogP contribution in [0.2, 0.25) is 0 Å². The minimum absolute atomic E-state index is 0.266. The van der Waals surface area contributed by atoms with Crippen molar-refractivity contribution in [1.29, 1.82) is 0 Å². The van der Waals surface area contributed by atoms with Crippen LogP contribution in [0.15, 0.2) is 24.3 Å². The number of benzene rings is 1. The zero-order valence-electron chi connectivity index (χ0n) is 9.97. The zero-order chi connectivity index (χ0) is 12.3. The Balaban J connectivity index is 1.98. The summed E-state index contributed by atoms with van der Waals surface area (Å²) in [5, 5.41) is 3.00. The Morgan fingerprint density at radius 3 is 2.76 bits per heavy atom. The normalized spacial score (nSPS) is 19.4. The van der Waals surface area contributed by atoms with E-state index in [0.29, 0.717) is 18.0 Å². The third-order valence-corrected chi connectivity index (χ3v) is 3.21. The molecule has 0 radical (unpaired) electrons. The second kappa shape index (κ2) is 5.30. The number of nitrogens with one attached hydrogen (secondary N) is 1. The number of hydrogen-bond donors (Lipinski definition) is 1. The van der Waals surface area contributed by atoms with Gasteiger partial charge in [0.15, 0.2) is 0 Å². The average Bonchev–Trinajstić information content (AvgIpc) is 2.33. The minimum atomic E-state index is -0.379. The highest BCUT2D eigenvalue weighted by molar-refractivity contribution is 5.46. The minimum Gasteiger partial charge on any atom is -0.382 e. The molecule has 1 aliphatic rings. The monoisotopic (exact) mass is 237 g/mol. The fraction of sp³-hybridized carbons (Fsp3) is 0.429. The van der Waals surface area contributed by atoms with Crippen molar-refractivity contribution in [1.82, 2.24) is 0 Å². The van der Waals surface area contributed by atoms with Gasteiger partial charge < -0.3 is 5.32 Å². The van der Waals surface area contributed by atoms with Crippen molar-refractivity contribution in [2.45, 2.75) is 26.2 Å². The van der Waals surface area contributed by atoms with Crippen LogP contribution in [0, 0.1) is 24.5 Å². The number of rotatable bonds is 3. The maximum atomic E-state index is 13.5. The zero-order valence-corrected chi connectivity index (χ0v) is 9.97. The van der Waals surface area contributed by atoms with Crippen LogP contribution < -0.4 is 5.32 Å². The van der Waals surface area contributed by atoms with E-state index in [2.05, 4.69) is 17.5 Å². The van der Waals surface area contributed by atoms with Gasteiger partial charge in [0.2, 0.25) is 0 Å². The molecule has 17 heavy (non-hydrogen) atoms. The summed E-state index contributed by atoms with van der Waals surface area (Å²) in [5.41, 5.74) is 0.608. The maximum Gasteiger partial charge on any atom is 0.146 e. The lowest BCUT2D eigenvalue weighted by Crippen LogP contribution is -2.16. The van der Waals surface area contributed by atoms with Gasteiger partial charge in [0.25, 0.3) is 0 Å². The maximum absolute atomic E-state index is 13.5. The molecule has 1 aromatic carbocycles. The summed E-state index contributed by atoms with van der Waals surface area (Å²) in [6.07, 6.45) is 7.53. The first kappa shape index (κ1) is 12.1. The van der Waals surface area contributed by atoms with Gasteiger partial charge in [-0.25, -0.2) is 8.78 Å². The fourth-order valence-electron chi connectivity index (χ4n) is 2.08. The van der Waals surface area contributed by atoms with Gasteiger partial charge in [0, 0.05) is 12.6 Å². The van der Waals surface area contributed by atoms with Crippen molar-refractivity contribution in [3.05, 3.63) is 41.5 Å². The van der Waals surface area contributed by atoms with Crippen molar-refractivity contribution < 1.29 is 8.78 Å². The third kappa shape index (κ3) is 3.05. The Morgan fingerprint density at radius 1 is 1.24 bits per heavy atom. The number of halogens is 2. The van der Waals surface area contributed by atoms with Crippen LogP contribution in [0.1, 0.15) is 24.8 Å². The highest BCUT2D eigenvalue weighted by atomic mass is 19.1. The Labute approximate surface area is 101 Å². The van der Waals surface area contributed by atoms with Crippen LogP contribution in [-0.4, -0.2) is 6.54 Å². The topological polar surface area (TPSA) is 12.0 Å². The molecule has 1 aliphatic carbocycles. The predicted octanol–water partition coefficient (Wildman–Crippen LogP) is 4.04. The average molecular weight is 237 g/mol. The standard InChI is InChI=1S/C14H17F2N/c1-10-7-13(16)14(8-12(10)15)17-9-11-5-3-2-4-6-11/h2-3,7-8,11,17H,4-6,9H2,1H3. The van der Waals surface area contributed by atoms with E-state index in [0.717, 1.165) is 19.3 Å². The first-order valence-corrected chi connectivity index (χ1v) is 6.01. The molecular weight excluding hydrogens is 220 g/mol. The molecule has 1 nitrogen and oxygen atoms in total. The van der Waals surface area contributed by atoms with Crippen LogP contribution in [-0.2, 0) is 0 Å². The molecule has 92 valence electrons. The van der Waals surface area contributed by atoms with E-state index < -0.39 is 0 Å². The van der Waals surface area contributed by atoms with E-state index in [1.807, 2.05) is 0 Å². The van der Waals surface area contributed by atoms with Gasteiger partial charge in [0.1, 0.15) is 11.6 Å². The molecule has 0 saturated carbocycles. The lowest BCUT2D eigenvalue weighted by molar-refractivity contribution is 0.502. The van der Waals surface area contributed by atoms with Gasteiger partial charge in [-0.05, 0) is 43.7 Å². The summed E-state index contributed by atoms with van der Waals surface area (Å²) in [5.74, 6) is -0.226. The second-order valence-electron chi connectivity index (χ2n) is 4.61. The Hall–Kier alpha value is -1.38. The number of aryl methyl sites for hydroxylation is 1. The predicted molar refractivity (Wildman–Crippen MR) is 66.1 cm³/mol. The number of allylic oxidation sites excluding steroid dienone is 2. The van der Waals surface area contributed by atoms with E-state index in [9.17, 15) is 8.78 Å². The van der Waals surface area contributed by atoms with Gasteiger partial charge in [-0.1, -0.05) is 12.2 Å². The summed E-state index contributed by atoms with van der Waals surface area (Å²) in [6, 6.07) is 2.47. The van der Waals surface area contributed by atoms with Crippen LogP contribution in [0.4, 0.5) is 14.5 Å². The molecule has 0 aromatic heterocycles. The van der Waals surface area contributed by atoms with Crippen LogP contribution in [0.25, 0.3) is 0 Å². The third-order valence-electron chi connectivity index (χ3n) is 3.21. The summed E-state index contributed by atoms with van der Waals surface area (Å²) in [7, 11) is 0. The molecule has 0 aliphatic heterocycles. The van der Waals surface area contributed by atoms with Crippen molar-refractivity contribution in [2.24, 2.45) is 5.92 Å². The second-order valence-corrected chi connectivity index (χ2v) is 4.61. The Morgan fingerprint density at radius 2 is 2.06 bits per heavy atom. The van der Waals surface area contributed by atoms with Gasteiger partial charge in [-0.15, -0.1) is 0 Å². The lowest BCUT2D eigenvalue weighted by Gasteiger charge is -2.19. The molecule has 1 unspecified atom stereocenters. The SMILES string of the molecule is Cc1cc(F)c(NCC2CC=CCC2)cc1F. The molecule has 0 spiro atoms. The fourth-order valence-corrected chi connectivity index (χ4v) is 2.08. The first-order chi connectivity index (χ1) is 8.16. The highest BCUT2D eigenvalue weighted by Crippen LogP contribution is 2.22. The van der Waals surface area contributed by atoms with Crippen molar-refractivity contribution >= 4 is 5.69 Å². The van der Waals surface area contributed by atoms with Gasteiger partial charge in [0.05, 0.1) is 5.69 Å². The summed E-state index contributed by atoms with van der Waals surface area (Å²) in [4.78, 5) is 0. The van der Waals surface area contributed by atoms with E-state index in [1.54, 1.807) is 6.92 Å². The van der Waals surface area contributed by atoms with E-state index in [4.69, 9.17) is 0 Å². The van der Waals surface area contributed by atoms with E-state index in [-0.39, 0.29) is 17.3 Å². The summed E-state index contributed by atoms with van der Waals surface area (Å²) < 4.78 is 26.8. The van der Waals surface area contributed by atoms with Crippen molar-refractivity contribution in [3.63, 3.8) is 0 Å². The quantitative estimate of drug-likeness (QED) is 0.782. The van der Waals surface area contributed by atoms with Crippen molar-refractivity contribution in [3.8, 4) is 0 Å². The number of anilines is 1. The largest absolute Gasteiger partial charge is 0.382 e. The van der Waals surface area contributed by atoms with E-state index in [1.165, 1.54) is 12.1 Å².